The minimum Gasteiger partial charge on any atom is -0.467 e. The van der Waals surface area contributed by atoms with Crippen molar-refractivity contribution in [3.63, 3.8) is 0 Å². The molecule has 36 heavy (non-hydrogen) atoms. The number of cyclic esters (lactones) is 1. The van der Waals surface area contributed by atoms with Gasteiger partial charge in [-0.25, -0.2) is 4.79 Å². The fourth-order valence-electron chi connectivity index (χ4n) is 4.00. The number of benzene rings is 1. The van der Waals surface area contributed by atoms with Crippen molar-refractivity contribution < 1.29 is 38.1 Å². The van der Waals surface area contributed by atoms with Crippen molar-refractivity contribution in [2.24, 2.45) is 5.92 Å². The third-order valence-corrected chi connectivity index (χ3v) is 6.07. The number of rotatable bonds is 6. The van der Waals surface area contributed by atoms with Crippen molar-refractivity contribution in [2.45, 2.75) is 58.2 Å². The molecule has 0 N–H and O–H groups in total. The van der Waals surface area contributed by atoms with E-state index in [2.05, 4.69) is 0 Å². The van der Waals surface area contributed by atoms with Crippen molar-refractivity contribution >= 4 is 37.1 Å². The Morgan fingerprint density at radius 3 is 2.64 bits per heavy atom. The SMILES string of the molecule is COCOc1cc(N(C)[B]C=O)cc2c1C(=O)O[C@@H](C)[C@H](C)/C=C\C(=O)[C@H]1OC(C)(C)O[C@H]1CC=C2. The second-order valence-electron chi connectivity index (χ2n) is 9.32. The smallest absolute Gasteiger partial charge is 0.342 e. The molecule has 0 bridgehead atoms. The maximum Gasteiger partial charge on any atom is 0.342 e. The summed E-state index contributed by atoms with van der Waals surface area (Å²) in [4.78, 5) is 38.9. The summed E-state index contributed by atoms with van der Waals surface area (Å²) in [5, 5.41) is 0. The van der Waals surface area contributed by atoms with Crippen LogP contribution in [0.2, 0.25) is 0 Å². The van der Waals surface area contributed by atoms with Crippen molar-refractivity contribution in [3.05, 3.63) is 41.5 Å². The summed E-state index contributed by atoms with van der Waals surface area (Å²) in [5.41, 5.74) is 1.36. The summed E-state index contributed by atoms with van der Waals surface area (Å²) in [7, 11) is 4.54. The predicted octanol–water partition coefficient (Wildman–Crippen LogP) is 3.16. The molecule has 3 rings (SSSR count). The normalized spacial score (nSPS) is 26.7. The zero-order chi connectivity index (χ0) is 26.5. The lowest BCUT2D eigenvalue weighted by atomic mass is 9.93. The fraction of sp³-hybridized carbons (Fsp3) is 0.500. The molecule has 4 atom stereocenters. The zero-order valence-electron chi connectivity index (χ0n) is 21.6. The van der Waals surface area contributed by atoms with Crippen LogP contribution in [-0.2, 0) is 28.5 Å². The Morgan fingerprint density at radius 2 is 1.94 bits per heavy atom. The Balaban J connectivity index is 2.11. The third-order valence-electron chi connectivity index (χ3n) is 6.07. The van der Waals surface area contributed by atoms with Crippen molar-refractivity contribution in [2.75, 3.05) is 25.8 Å². The number of fused-ring (bicyclic) bond motifs is 2. The monoisotopic (exact) mass is 498 g/mol. The largest absolute Gasteiger partial charge is 0.467 e. The summed E-state index contributed by atoms with van der Waals surface area (Å²) >= 11 is 0. The molecular weight excluding hydrogens is 465 g/mol. The minimum absolute atomic E-state index is 0.0885. The first kappa shape index (κ1) is 27.6. The number of ether oxygens (including phenoxy) is 5. The van der Waals surface area contributed by atoms with Crippen LogP contribution in [0.1, 0.15) is 50.0 Å². The summed E-state index contributed by atoms with van der Waals surface area (Å²) in [6, 6.07) is 3.40. The summed E-state index contributed by atoms with van der Waals surface area (Å²) in [6.07, 6.45) is 5.99. The van der Waals surface area contributed by atoms with E-state index in [4.69, 9.17) is 23.7 Å². The Morgan fingerprint density at radius 1 is 1.19 bits per heavy atom. The van der Waals surface area contributed by atoms with Gasteiger partial charge < -0.3 is 33.3 Å². The number of anilines is 1. The van der Waals surface area contributed by atoms with Gasteiger partial charge in [0.25, 0.3) is 0 Å². The number of hydrogen-bond acceptors (Lipinski definition) is 9. The average Bonchev–Trinajstić information content (AvgIpc) is 3.14. The Labute approximate surface area is 212 Å². The van der Waals surface area contributed by atoms with Crippen LogP contribution in [-0.4, -0.2) is 70.4 Å². The lowest BCUT2D eigenvalue weighted by molar-refractivity contribution is -0.152. The predicted molar refractivity (Wildman–Crippen MR) is 136 cm³/mol. The molecular formula is C26H33BNO8. The lowest BCUT2D eigenvalue weighted by Crippen LogP contribution is -2.30. The van der Waals surface area contributed by atoms with Crippen LogP contribution in [0.25, 0.3) is 6.08 Å². The first-order valence-electron chi connectivity index (χ1n) is 11.8. The Kier molecular flexibility index (Phi) is 9.11. The van der Waals surface area contributed by atoms with E-state index in [1.54, 1.807) is 56.9 Å². The van der Waals surface area contributed by atoms with Crippen LogP contribution in [0.15, 0.2) is 30.4 Å². The first-order valence-corrected chi connectivity index (χ1v) is 11.8. The second-order valence-corrected chi connectivity index (χ2v) is 9.32. The lowest BCUT2D eigenvalue weighted by Gasteiger charge is -2.23. The minimum atomic E-state index is -0.905. The number of hydrogen-bond donors (Lipinski definition) is 0. The highest BCUT2D eigenvalue weighted by Crippen LogP contribution is 2.34. The Hall–Kier alpha value is -2.95. The van der Waals surface area contributed by atoms with E-state index in [0.717, 1.165) is 0 Å². The molecule has 2 aliphatic heterocycles. The molecule has 10 heteroatoms. The van der Waals surface area contributed by atoms with Gasteiger partial charge in [0.05, 0.1) is 6.10 Å². The van der Waals surface area contributed by atoms with E-state index in [1.807, 2.05) is 13.0 Å². The zero-order valence-corrected chi connectivity index (χ0v) is 21.6. The third kappa shape index (κ3) is 6.63. The molecule has 0 aromatic heterocycles. The van der Waals surface area contributed by atoms with Gasteiger partial charge in [0.1, 0.15) is 29.7 Å². The molecule has 1 aromatic carbocycles. The standard InChI is InChI=1S/C26H33BNO8/c1-16-10-11-20(30)24-21(35-26(3,4)36-24)9-7-8-18-12-19(28(5)27-14-29)13-22(33-15-32-6)23(18)25(31)34-17(16)2/h7-8,10-14,16-17,21,24H,9,15H2,1-6H3/b8-7?,11-10-/t16-,17+,21+,24-/m1/s1. The highest BCUT2D eigenvalue weighted by Gasteiger charge is 2.43. The number of methoxy groups -OCH3 is 1. The molecule has 1 radical (unpaired) electrons. The quantitative estimate of drug-likeness (QED) is 0.253. The van der Waals surface area contributed by atoms with Crippen LogP contribution in [0.4, 0.5) is 5.69 Å². The molecule has 2 heterocycles. The molecule has 193 valence electrons. The van der Waals surface area contributed by atoms with Crippen LogP contribution >= 0.6 is 0 Å². The van der Waals surface area contributed by atoms with Gasteiger partial charge in [-0.15, -0.1) is 0 Å². The summed E-state index contributed by atoms with van der Waals surface area (Å²) < 4.78 is 28.5. The highest BCUT2D eigenvalue weighted by atomic mass is 16.8. The van der Waals surface area contributed by atoms with Gasteiger partial charge in [0.2, 0.25) is 0 Å². The van der Waals surface area contributed by atoms with Gasteiger partial charge in [0, 0.05) is 24.8 Å². The fourth-order valence-corrected chi connectivity index (χ4v) is 4.00. The molecule has 9 nitrogen and oxygen atoms in total. The van der Waals surface area contributed by atoms with E-state index < -0.39 is 30.1 Å². The molecule has 1 fully saturated rings. The number of ketones is 1. The van der Waals surface area contributed by atoms with Gasteiger partial charge in [-0.3, -0.25) is 4.79 Å². The van der Waals surface area contributed by atoms with E-state index in [0.29, 0.717) is 23.9 Å². The topological polar surface area (TPSA) is 101 Å². The average molecular weight is 498 g/mol. The van der Waals surface area contributed by atoms with Crippen LogP contribution in [0.3, 0.4) is 0 Å². The summed E-state index contributed by atoms with van der Waals surface area (Å²) in [5.74, 6) is -1.68. The van der Waals surface area contributed by atoms with Gasteiger partial charge in [-0.1, -0.05) is 25.2 Å². The number of carbonyl (C=O) groups excluding carboxylic acids is 3. The van der Waals surface area contributed by atoms with Gasteiger partial charge in [-0.05, 0) is 51.9 Å². The van der Waals surface area contributed by atoms with Crippen molar-refractivity contribution in [1.29, 1.82) is 0 Å². The molecule has 2 aliphatic rings. The summed E-state index contributed by atoms with van der Waals surface area (Å²) in [6.45, 7) is 7.07. The highest BCUT2D eigenvalue weighted by molar-refractivity contribution is 6.70. The molecule has 0 unspecified atom stereocenters. The van der Waals surface area contributed by atoms with Gasteiger partial charge in [0.15, 0.2) is 18.4 Å². The molecule has 0 spiro atoms. The maximum absolute atomic E-state index is 13.4. The molecule has 0 amide bonds. The van der Waals surface area contributed by atoms with Gasteiger partial charge in [-0.2, -0.15) is 0 Å². The Bertz CT molecular complexity index is 1040. The van der Waals surface area contributed by atoms with E-state index >= 15 is 0 Å². The van der Waals surface area contributed by atoms with Crippen LogP contribution < -0.4 is 9.55 Å². The molecule has 0 saturated carbocycles. The molecule has 1 saturated heterocycles. The molecule has 1 aromatic rings. The number of carbonyl (C=O) groups is 3. The van der Waals surface area contributed by atoms with Crippen molar-refractivity contribution in [1.82, 2.24) is 0 Å². The maximum atomic E-state index is 13.4. The number of esters is 1. The van der Waals surface area contributed by atoms with E-state index in [9.17, 15) is 14.4 Å². The van der Waals surface area contributed by atoms with Gasteiger partial charge >= 0.3 is 13.4 Å². The van der Waals surface area contributed by atoms with Crippen LogP contribution in [0.5, 0.6) is 5.75 Å². The number of nitrogens with zero attached hydrogens (tertiary/aromatic N) is 1. The second kappa shape index (κ2) is 11.9. The van der Waals surface area contributed by atoms with E-state index in [-0.39, 0.29) is 29.8 Å². The molecule has 0 aliphatic carbocycles. The van der Waals surface area contributed by atoms with Crippen molar-refractivity contribution in [3.8, 4) is 5.75 Å². The van der Waals surface area contributed by atoms with E-state index in [1.165, 1.54) is 20.6 Å². The first-order chi connectivity index (χ1) is 17.1. The van der Waals surface area contributed by atoms with Crippen LogP contribution in [0, 0.1) is 5.92 Å².